The Morgan fingerprint density at radius 1 is 1.00 bits per heavy atom. The van der Waals surface area contributed by atoms with Crippen molar-refractivity contribution in [3.05, 3.63) is 0 Å². The van der Waals surface area contributed by atoms with Gasteiger partial charge in [-0.05, 0) is 12.8 Å². The largest absolute Gasteiger partial charge is 0.380 e. The van der Waals surface area contributed by atoms with Gasteiger partial charge in [-0.2, -0.15) is 0 Å². The fourth-order valence-electron chi connectivity index (χ4n) is 2.39. The van der Waals surface area contributed by atoms with Gasteiger partial charge >= 0.3 is 6.03 Å². The van der Waals surface area contributed by atoms with Gasteiger partial charge in [0.05, 0.1) is 12.2 Å². The molecule has 92 valence electrons. The summed E-state index contributed by atoms with van der Waals surface area (Å²) < 4.78 is 10.5. The standard InChI is InChI=1S/C11H20N2O3/c1-15-9-3-5-12(7-9)11(14)13-6-4-10(8-13)16-2/h9-10H,3-8H2,1-2H3. The number of ether oxygens (including phenoxy) is 2. The summed E-state index contributed by atoms with van der Waals surface area (Å²) in [7, 11) is 3.41. The molecule has 0 radical (unpaired) electrons. The molecule has 0 bridgehead atoms. The highest BCUT2D eigenvalue weighted by molar-refractivity contribution is 5.75. The zero-order valence-electron chi connectivity index (χ0n) is 10.0. The quantitative estimate of drug-likeness (QED) is 0.693. The summed E-state index contributed by atoms with van der Waals surface area (Å²) in [6, 6.07) is 0.138. The number of nitrogens with zero attached hydrogens (tertiary/aromatic N) is 2. The molecule has 2 aliphatic rings. The summed E-state index contributed by atoms with van der Waals surface area (Å²) in [4.78, 5) is 15.9. The molecular formula is C11H20N2O3. The molecule has 2 aliphatic heterocycles. The monoisotopic (exact) mass is 228 g/mol. The van der Waals surface area contributed by atoms with Crippen LogP contribution in [0, 0.1) is 0 Å². The van der Waals surface area contributed by atoms with Crippen molar-refractivity contribution in [2.24, 2.45) is 0 Å². The Morgan fingerprint density at radius 3 is 1.75 bits per heavy atom. The number of urea groups is 1. The van der Waals surface area contributed by atoms with Gasteiger partial charge in [0.25, 0.3) is 0 Å². The normalized spacial score (nSPS) is 30.1. The van der Waals surface area contributed by atoms with E-state index in [2.05, 4.69) is 0 Å². The van der Waals surface area contributed by atoms with Crippen LogP contribution in [0.4, 0.5) is 4.79 Å². The third kappa shape index (κ3) is 2.30. The van der Waals surface area contributed by atoms with Gasteiger partial charge in [-0.1, -0.05) is 0 Å². The maximum Gasteiger partial charge on any atom is 0.320 e. The molecule has 2 unspecified atom stereocenters. The first-order valence-corrected chi connectivity index (χ1v) is 5.84. The molecule has 2 fully saturated rings. The van der Waals surface area contributed by atoms with Gasteiger partial charge < -0.3 is 19.3 Å². The van der Waals surface area contributed by atoms with Crippen molar-refractivity contribution in [3.63, 3.8) is 0 Å². The molecule has 16 heavy (non-hydrogen) atoms. The lowest BCUT2D eigenvalue weighted by atomic mass is 10.3. The Kier molecular flexibility index (Phi) is 3.66. The van der Waals surface area contributed by atoms with Crippen LogP contribution in [0.15, 0.2) is 0 Å². The molecule has 0 spiro atoms. The molecule has 0 aromatic heterocycles. The van der Waals surface area contributed by atoms with Gasteiger partial charge in [0.2, 0.25) is 0 Å². The number of carbonyl (C=O) groups is 1. The van der Waals surface area contributed by atoms with Crippen LogP contribution in [0.2, 0.25) is 0 Å². The summed E-state index contributed by atoms with van der Waals surface area (Å²) >= 11 is 0. The molecule has 2 rings (SSSR count). The van der Waals surface area contributed by atoms with Crippen LogP contribution in [0.5, 0.6) is 0 Å². The van der Waals surface area contributed by atoms with Gasteiger partial charge in [0.15, 0.2) is 0 Å². The number of amides is 2. The highest BCUT2D eigenvalue weighted by Gasteiger charge is 2.33. The van der Waals surface area contributed by atoms with E-state index in [1.54, 1.807) is 14.2 Å². The molecule has 0 aliphatic carbocycles. The predicted molar refractivity (Wildman–Crippen MR) is 59.4 cm³/mol. The van der Waals surface area contributed by atoms with Gasteiger partial charge in [-0.15, -0.1) is 0 Å². The molecule has 2 saturated heterocycles. The Bertz CT molecular complexity index is 236. The Labute approximate surface area is 96.3 Å². The summed E-state index contributed by atoms with van der Waals surface area (Å²) in [5, 5.41) is 0. The molecule has 2 amide bonds. The van der Waals surface area contributed by atoms with Crippen molar-refractivity contribution in [2.45, 2.75) is 25.0 Å². The lowest BCUT2D eigenvalue weighted by Gasteiger charge is -2.24. The minimum atomic E-state index is 0.138. The second kappa shape index (κ2) is 5.01. The number of hydrogen-bond donors (Lipinski definition) is 0. The Hall–Kier alpha value is -0.810. The fourth-order valence-corrected chi connectivity index (χ4v) is 2.39. The lowest BCUT2D eigenvalue weighted by molar-refractivity contribution is 0.0986. The van der Waals surface area contributed by atoms with E-state index in [0.29, 0.717) is 0 Å². The highest BCUT2D eigenvalue weighted by atomic mass is 16.5. The fraction of sp³-hybridized carbons (Fsp3) is 0.909. The minimum absolute atomic E-state index is 0.138. The topological polar surface area (TPSA) is 42.0 Å². The highest BCUT2D eigenvalue weighted by Crippen LogP contribution is 2.18. The summed E-state index contributed by atoms with van der Waals surface area (Å²) in [6.45, 7) is 3.07. The van der Waals surface area contributed by atoms with Crippen molar-refractivity contribution in [3.8, 4) is 0 Å². The van der Waals surface area contributed by atoms with E-state index in [1.165, 1.54) is 0 Å². The number of likely N-dealkylation sites (tertiary alicyclic amines) is 2. The minimum Gasteiger partial charge on any atom is -0.380 e. The molecule has 5 nitrogen and oxygen atoms in total. The first-order chi connectivity index (χ1) is 7.74. The first-order valence-electron chi connectivity index (χ1n) is 5.84. The molecule has 2 atom stereocenters. The van der Waals surface area contributed by atoms with Crippen LogP contribution < -0.4 is 0 Å². The maximum atomic E-state index is 12.1. The molecule has 0 aromatic rings. The molecule has 2 heterocycles. The van der Waals surface area contributed by atoms with Gasteiger partial charge in [0, 0.05) is 40.4 Å². The van der Waals surface area contributed by atoms with Crippen molar-refractivity contribution < 1.29 is 14.3 Å². The van der Waals surface area contributed by atoms with Gasteiger partial charge in [-0.25, -0.2) is 4.79 Å². The first kappa shape index (κ1) is 11.7. The van der Waals surface area contributed by atoms with Crippen LogP contribution in [0.1, 0.15) is 12.8 Å². The molecule has 0 aromatic carbocycles. The zero-order chi connectivity index (χ0) is 11.5. The van der Waals surface area contributed by atoms with Crippen molar-refractivity contribution in [2.75, 3.05) is 40.4 Å². The van der Waals surface area contributed by atoms with Crippen LogP contribution in [0.25, 0.3) is 0 Å². The maximum absolute atomic E-state index is 12.1. The van der Waals surface area contributed by atoms with Crippen LogP contribution in [-0.4, -0.2) is 68.4 Å². The summed E-state index contributed by atoms with van der Waals surface area (Å²) in [5.74, 6) is 0. The third-order valence-electron chi connectivity index (χ3n) is 3.50. The van der Waals surface area contributed by atoms with E-state index in [9.17, 15) is 4.79 Å². The van der Waals surface area contributed by atoms with Crippen molar-refractivity contribution >= 4 is 6.03 Å². The van der Waals surface area contributed by atoms with E-state index in [4.69, 9.17) is 9.47 Å². The summed E-state index contributed by atoms with van der Waals surface area (Å²) in [5.41, 5.74) is 0. The van der Waals surface area contributed by atoms with E-state index >= 15 is 0 Å². The van der Waals surface area contributed by atoms with Gasteiger partial charge in [-0.3, -0.25) is 0 Å². The zero-order valence-corrected chi connectivity index (χ0v) is 10.0. The average Bonchev–Trinajstić information content (AvgIpc) is 2.97. The van der Waals surface area contributed by atoms with E-state index in [-0.39, 0.29) is 18.2 Å². The second-order valence-corrected chi connectivity index (χ2v) is 4.47. The summed E-state index contributed by atoms with van der Waals surface area (Å²) in [6.07, 6.45) is 2.32. The molecule has 5 heteroatoms. The van der Waals surface area contributed by atoms with E-state index < -0.39 is 0 Å². The molecule has 0 N–H and O–H groups in total. The third-order valence-corrected chi connectivity index (χ3v) is 3.50. The van der Waals surface area contributed by atoms with Gasteiger partial charge in [0.1, 0.15) is 0 Å². The lowest BCUT2D eigenvalue weighted by Crippen LogP contribution is -2.41. The SMILES string of the molecule is COC1CCN(C(=O)N2CCC(OC)C2)C1. The number of rotatable bonds is 2. The van der Waals surface area contributed by atoms with Crippen LogP contribution in [-0.2, 0) is 9.47 Å². The number of hydrogen-bond acceptors (Lipinski definition) is 3. The van der Waals surface area contributed by atoms with Crippen LogP contribution >= 0.6 is 0 Å². The number of methoxy groups -OCH3 is 2. The molecule has 0 saturated carbocycles. The van der Waals surface area contributed by atoms with Crippen molar-refractivity contribution in [1.29, 1.82) is 0 Å². The van der Waals surface area contributed by atoms with Crippen molar-refractivity contribution in [1.82, 2.24) is 9.80 Å². The Balaban J connectivity index is 1.84. The predicted octanol–water partition coefficient (Wildman–Crippen LogP) is 0.548. The average molecular weight is 228 g/mol. The Morgan fingerprint density at radius 2 is 1.44 bits per heavy atom. The van der Waals surface area contributed by atoms with E-state index in [1.807, 2.05) is 9.80 Å². The number of carbonyl (C=O) groups excluding carboxylic acids is 1. The smallest absolute Gasteiger partial charge is 0.320 e. The van der Waals surface area contributed by atoms with E-state index in [0.717, 1.165) is 39.0 Å². The molecular weight excluding hydrogens is 208 g/mol. The second-order valence-electron chi connectivity index (χ2n) is 4.47. The van der Waals surface area contributed by atoms with Crippen LogP contribution in [0.3, 0.4) is 0 Å².